The molecule has 0 amide bonds. The van der Waals surface area contributed by atoms with E-state index >= 15 is 0 Å². The van der Waals surface area contributed by atoms with Crippen LogP contribution in [0.1, 0.15) is 16.7 Å². The highest BCUT2D eigenvalue weighted by molar-refractivity contribution is 7.00. The molecule has 0 unspecified atom stereocenters. The fourth-order valence-corrected chi connectivity index (χ4v) is 7.00. The summed E-state index contributed by atoms with van der Waals surface area (Å²) in [6, 6.07) is 32.0. The van der Waals surface area contributed by atoms with Gasteiger partial charge in [-0.2, -0.15) is 0 Å². The van der Waals surface area contributed by atoms with Crippen molar-refractivity contribution in [1.29, 1.82) is 0 Å². The Morgan fingerprint density at radius 3 is 1.84 bits per heavy atom. The molecule has 0 spiro atoms. The van der Waals surface area contributed by atoms with E-state index in [1.807, 2.05) is 12.1 Å². The summed E-state index contributed by atoms with van der Waals surface area (Å²) in [6.07, 6.45) is 0.875. The van der Waals surface area contributed by atoms with Gasteiger partial charge in [-0.1, -0.05) is 66.1 Å². The molecule has 4 heterocycles. The van der Waals surface area contributed by atoms with Gasteiger partial charge in [0.1, 0.15) is 34.5 Å². The monoisotopic (exact) mass is 474 g/mol. The third-order valence-electron chi connectivity index (χ3n) is 8.58. The van der Waals surface area contributed by atoms with Crippen LogP contribution in [0.3, 0.4) is 0 Å². The largest absolute Gasteiger partial charge is 0.458 e. The lowest BCUT2D eigenvalue weighted by molar-refractivity contribution is 0.462. The molecule has 5 aromatic rings. The minimum Gasteiger partial charge on any atom is -0.458 e. The van der Waals surface area contributed by atoms with E-state index in [4.69, 9.17) is 14.2 Å². The van der Waals surface area contributed by atoms with Gasteiger partial charge in [-0.15, -0.1) is 0 Å². The van der Waals surface area contributed by atoms with Crippen molar-refractivity contribution in [2.75, 3.05) is 0 Å². The first kappa shape index (κ1) is 19.8. The Morgan fingerprint density at radius 2 is 1.11 bits per heavy atom. The number of fused-ring (bicyclic) bond motifs is 8. The van der Waals surface area contributed by atoms with Crippen LogP contribution >= 0.6 is 0 Å². The normalized spacial score (nSPS) is 14.5. The molecule has 0 atom stereocenters. The van der Waals surface area contributed by atoms with E-state index in [0.717, 1.165) is 46.4 Å². The third kappa shape index (κ3) is 2.49. The number of benzene rings is 5. The van der Waals surface area contributed by atoms with E-state index in [1.54, 1.807) is 0 Å². The molecule has 172 valence electrons. The molecule has 0 aromatic heterocycles. The summed E-state index contributed by atoms with van der Waals surface area (Å²) < 4.78 is 19.4. The number of para-hydroxylation sites is 2. The molecule has 3 nitrogen and oxygen atoms in total. The fourth-order valence-electron chi connectivity index (χ4n) is 7.00. The van der Waals surface area contributed by atoms with Crippen molar-refractivity contribution in [3.63, 3.8) is 0 Å². The van der Waals surface area contributed by atoms with Crippen LogP contribution < -0.4 is 47.0 Å². The van der Waals surface area contributed by atoms with Gasteiger partial charge in [0.05, 0.1) is 0 Å². The Morgan fingerprint density at radius 1 is 0.541 bits per heavy atom. The lowest BCUT2D eigenvalue weighted by Gasteiger charge is -2.38. The maximum Gasteiger partial charge on any atom is 0.260 e. The van der Waals surface area contributed by atoms with Crippen molar-refractivity contribution in [1.82, 2.24) is 0 Å². The Hall–Kier alpha value is -4.37. The average molecular weight is 474 g/mol. The van der Waals surface area contributed by atoms with E-state index in [-0.39, 0.29) is 13.4 Å². The van der Waals surface area contributed by atoms with E-state index in [9.17, 15) is 0 Å². The number of ether oxygens (including phenoxy) is 3. The van der Waals surface area contributed by atoms with E-state index in [0.29, 0.717) is 0 Å². The highest BCUT2D eigenvalue weighted by Crippen LogP contribution is 2.38. The quantitative estimate of drug-likeness (QED) is 0.316. The van der Waals surface area contributed by atoms with Gasteiger partial charge >= 0.3 is 0 Å². The highest BCUT2D eigenvalue weighted by Gasteiger charge is 2.44. The lowest BCUT2D eigenvalue weighted by Crippen LogP contribution is -2.63. The maximum atomic E-state index is 6.70. The summed E-state index contributed by atoms with van der Waals surface area (Å²) >= 11 is 0. The molecule has 0 saturated carbocycles. The summed E-state index contributed by atoms with van der Waals surface area (Å²) in [5.74, 6) is 5.60. The second-order valence-electron chi connectivity index (χ2n) is 10.4. The Kier molecular flexibility index (Phi) is 3.68. The second-order valence-corrected chi connectivity index (χ2v) is 10.4. The van der Waals surface area contributed by atoms with E-state index in [2.05, 4.69) is 85.8 Å². The SMILES string of the molecule is Cc1c2c(cc3c1Oc1cccc4c1B3c1ccccc1O4)B1c3ccccc3Oc3cccc(c31)C2. The Balaban J connectivity index is 1.35. The van der Waals surface area contributed by atoms with E-state index in [1.165, 1.54) is 44.0 Å². The van der Waals surface area contributed by atoms with Crippen LogP contribution in [0.4, 0.5) is 0 Å². The van der Waals surface area contributed by atoms with Crippen molar-refractivity contribution in [2.24, 2.45) is 0 Å². The van der Waals surface area contributed by atoms with Crippen LogP contribution in [0, 0.1) is 6.92 Å². The summed E-state index contributed by atoms with van der Waals surface area (Å²) in [7, 11) is 0. The van der Waals surface area contributed by atoms with Gasteiger partial charge in [0.2, 0.25) is 0 Å². The van der Waals surface area contributed by atoms with Gasteiger partial charge in [-0.3, -0.25) is 0 Å². The van der Waals surface area contributed by atoms with Crippen molar-refractivity contribution >= 4 is 46.2 Å². The predicted molar refractivity (Wildman–Crippen MR) is 149 cm³/mol. The van der Waals surface area contributed by atoms with Crippen LogP contribution in [-0.4, -0.2) is 13.4 Å². The second kappa shape index (κ2) is 6.89. The molecule has 4 aliphatic rings. The van der Waals surface area contributed by atoms with Gasteiger partial charge < -0.3 is 14.2 Å². The zero-order valence-corrected chi connectivity index (χ0v) is 20.2. The van der Waals surface area contributed by atoms with Gasteiger partial charge in [0, 0.05) is 5.46 Å². The molecule has 5 heteroatoms. The molecule has 9 rings (SSSR count). The molecule has 0 radical (unpaired) electrons. The standard InChI is InChI=1S/C32H20B2O3/c1-18-20-16-19-8-6-13-27-30(19)33(21-9-2-4-11-25(21)35-27)23(20)17-24-32(18)37-29-15-7-14-28-31(29)34(24)22-10-3-5-12-26(22)36-28/h2-15,17H,16H2,1H3. The minimum atomic E-state index is 0.0654. The van der Waals surface area contributed by atoms with Gasteiger partial charge in [-0.25, -0.2) is 0 Å². The molecule has 4 aliphatic heterocycles. The topological polar surface area (TPSA) is 27.7 Å². The molecular formula is C32H20B2O3. The third-order valence-corrected chi connectivity index (χ3v) is 8.58. The smallest absolute Gasteiger partial charge is 0.260 e. The molecule has 0 bridgehead atoms. The number of hydrogen-bond acceptors (Lipinski definition) is 3. The molecule has 0 aliphatic carbocycles. The highest BCUT2D eigenvalue weighted by atomic mass is 16.5. The van der Waals surface area contributed by atoms with Crippen molar-refractivity contribution in [3.8, 4) is 34.5 Å². The van der Waals surface area contributed by atoms with Crippen LogP contribution in [0.25, 0.3) is 0 Å². The summed E-state index contributed by atoms with van der Waals surface area (Å²) in [6.45, 7) is 2.43. The van der Waals surface area contributed by atoms with Crippen LogP contribution in [0.15, 0.2) is 91.0 Å². The molecule has 5 aromatic carbocycles. The Bertz CT molecular complexity index is 1700. The summed E-state index contributed by atoms with van der Waals surface area (Å²) in [4.78, 5) is 0. The molecular weight excluding hydrogens is 454 g/mol. The maximum absolute atomic E-state index is 6.70. The first-order chi connectivity index (χ1) is 18.3. The Labute approximate surface area is 215 Å². The van der Waals surface area contributed by atoms with Crippen molar-refractivity contribution in [2.45, 2.75) is 13.3 Å². The first-order valence-corrected chi connectivity index (χ1v) is 12.9. The zero-order chi connectivity index (χ0) is 24.2. The summed E-state index contributed by atoms with van der Waals surface area (Å²) in [5, 5.41) is 0. The van der Waals surface area contributed by atoms with Crippen LogP contribution in [-0.2, 0) is 6.42 Å². The van der Waals surface area contributed by atoms with Crippen molar-refractivity contribution < 1.29 is 14.2 Å². The fraction of sp³-hybridized carbons (Fsp3) is 0.0625. The average Bonchev–Trinajstić information content (AvgIpc) is 2.94. The molecule has 0 saturated heterocycles. The first-order valence-electron chi connectivity index (χ1n) is 12.9. The lowest BCUT2D eigenvalue weighted by atomic mass is 9.30. The van der Waals surface area contributed by atoms with Gasteiger partial charge in [0.15, 0.2) is 0 Å². The van der Waals surface area contributed by atoms with Crippen molar-refractivity contribution in [3.05, 3.63) is 108 Å². The molecule has 0 N–H and O–H groups in total. The number of hydrogen-bond donors (Lipinski definition) is 0. The zero-order valence-electron chi connectivity index (χ0n) is 20.2. The van der Waals surface area contributed by atoms with Gasteiger partial charge in [0.25, 0.3) is 13.4 Å². The van der Waals surface area contributed by atoms with Crippen LogP contribution in [0.2, 0.25) is 0 Å². The molecule has 0 fully saturated rings. The van der Waals surface area contributed by atoms with Crippen LogP contribution in [0.5, 0.6) is 34.5 Å². The van der Waals surface area contributed by atoms with E-state index < -0.39 is 0 Å². The summed E-state index contributed by atoms with van der Waals surface area (Å²) in [5.41, 5.74) is 11.4. The van der Waals surface area contributed by atoms with Gasteiger partial charge in [-0.05, 0) is 82.2 Å². The predicted octanol–water partition coefficient (Wildman–Crippen LogP) is 3.25. The number of rotatable bonds is 0. The molecule has 37 heavy (non-hydrogen) atoms. The minimum absolute atomic E-state index is 0.0654.